The normalized spacial score (nSPS) is 11.4. The monoisotopic (exact) mass is 377 g/mol. The van der Waals surface area contributed by atoms with Crippen LogP contribution in [-0.4, -0.2) is 27.4 Å². The molecule has 0 fully saturated rings. The number of nitrogens with two attached hydrogens (primary N) is 1. The Balaban J connectivity index is 2.73. The van der Waals surface area contributed by atoms with Crippen molar-refractivity contribution in [2.45, 2.75) is 31.6 Å². The van der Waals surface area contributed by atoms with E-state index in [-0.39, 0.29) is 23.8 Å². The predicted octanol–water partition coefficient (Wildman–Crippen LogP) is 1.53. The molecule has 0 unspecified atom stereocenters. The molecule has 0 aliphatic carbocycles. The molecule has 21 heavy (non-hydrogen) atoms. The highest BCUT2D eigenvalue weighted by Gasteiger charge is 2.19. The standard InChI is InChI=1S/C13H20BrN3O3S/c1-3-5-16-13(18)4-6-17-21(19,20)12-8-10(14)7-11(15)9(12)2/h7-8,17H,3-6,15H2,1-2H3,(H,16,18). The van der Waals surface area contributed by atoms with E-state index >= 15 is 0 Å². The lowest BCUT2D eigenvalue weighted by atomic mass is 10.2. The van der Waals surface area contributed by atoms with Crippen molar-refractivity contribution < 1.29 is 13.2 Å². The molecule has 1 aromatic carbocycles. The van der Waals surface area contributed by atoms with Crippen LogP contribution in [0.2, 0.25) is 0 Å². The predicted molar refractivity (Wildman–Crippen MR) is 86.4 cm³/mol. The summed E-state index contributed by atoms with van der Waals surface area (Å²) < 4.78 is 27.5. The molecule has 4 N–H and O–H groups in total. The van der Waals surface area contributed by atoms with Crippen LogP contribution in [0.3, 0.4) is 0 Å². The van der Waals surface area contributed by atoms with E-state index in [4.69, 9.17) is 5.73 Å². The minimum absolute atomic E-state index is 0.0454. The first kappa shape index (κ1) is 17.9. The van der Waals surface area contributed by atoms with E-state index < -0.39 is 10.0 Å². The number of nitrogen functional groups attached to an aromatic ring is 1. The summed E-state index contributed by atoms with van der Waals surface area (Å²) in [6, 6.07) is 3.14. The minimum atomic E-state index is -3.69. The number of carbonyl (C=O) groups is 1. The quantitative estimate of drug-likeness (QED) is 0.627. The topological polar surface area (TPSA) is 101 Å². The maximum atomic E-state index is 12.2. The number of benzene rings is 1. The fourth-order valence-electron chi connectivity index (χ4n) is 1.68. The van der Waals surface area contributed by atoms with Crippen LogP contribution in [-0.2, 0) is 14.8 Å². The molecule has 0 radical (unpaired) electrons. The van der Waals surface area contributed by atoms with Crippen molar-refractivity contribution in [3.63, 3.8) is 0 Å². The van der Waals surface area contributed by atoms with Gasteiger partial charge in [-0.25, -0.2) is 13.1 Å². The van der Waals surface area contributed by atoms with Crippen molar-refractivity contribution in [1.29, 1.82) is 0 Å². The lowest BCUT2D eigenvalue weighted by molar-refractivity contribution is -0.120. The van der Waals surface area contributed by atoms with Crippen molar-refractivity contribution >= 4 is 37.5 Å². The molecular weight excluding hydrogens is 358 g/mol. The third kappa shape index (κ3) is 5.29. The van der Waals surface area contributed by atoms with Crippen molar-refractivity contribution in [2.75, 3.05) is 18.8 Å². The summed E-state index contributed by atoms with van der Waals surface area (Å²) in [7, 11) is -3.69. The molecule has 0 aliphatic rings. The SMILES string of the molecule is CCCNC(=O)CCNS(=O)(=O)c1cc(Br)cc(N)c1C. The van der Waals surface area contributed by atoms with Crippen LogP contribution in [0.15, 0.2) is 21.5 Å². The van der Waals surface area contributed by atoms with Gasteiger partial charge in [0, 0.05) is 29.7 Å². The van der Waals surface area contributed by atoms with Gasteiger partial charge in [-0.1, -0.05) is 22.9 Å². The number of hydrogen-bond acceptors (Lipinski definition) is 4. The first-order valence-electron chi connectivity index (χ1n) is 6.60. The van der Waals surface area contributed by atoms with Crippen molar-refractivity contribution in [1.82, 2.24) is 10.0 Å². The lowest BCUT2D eigenvalue weighted by Crippen LogP contribution is -2.31. The maximum absolute atomic E-state index is 12.2. The van der Waals surface area contributed by atoms with E-state index in [1.54, 1.807) is 13.0 Å². The van der Waals surface area contributed by atoms with Crippen LogP contribution in [0.5, 0.6) is 0 Å². The first-order valence-corrected chi connectivity index (χ1v) is 8.87. The third-order valence-corrected chi connectivity index (χ3v) is 4.92. The number of sulfonamides is 1. The number of nitrogens with one attached hydrogen (secondary N) is 2. The Morgan fingerprint density at radius 3 is 2.62 bits per heavy atom. The van der Waals surface area contributed by atoms with Gasteiger partial charge in [0.2, 0.25) is 15.9 Å². The van der Waals surface area contributed by atoms with Gasteiger partial charge in [0.05, 0.1) is 4.90 Å². The molecule has 0 atom stereocenters. The summed E-state index contributed by atoms with van der Waals surface area (Å²) in [6.07, 6.45) is 0.940. The molecular formula is C13H20BrN3O3S. The number of carbonyl (C=O) groups excluding carboxylic acids is 1. The van der Waals surface area contributed by atoms with E-state index in [9.17, 15) is 13.2 Å². The minimum Gasteiger partial charge on any atom is -0.398 e. The molecule has 0 bridgehead atoms. The number of anilines is 1. The summed E-state index contributed by atoms with van der Waals surface area (Å²) in [5, 5.41) is 2.69. The van der Waals surface area contributed by atoms with E-state index in [2.05, 4.69) is 26.0 Å². The van der Waals surface area contributed by atoms with Gasteiger partial charge in [-0.15, -0.1) is 0 Å². The largest absolute Gasteiger partial charge is 0.398 e. The molecule has 0 saturated heterocycles. The van der Waals surface area contributed by atoms with Crippen molar-refractivity contribution in [3.8, 4) is 0 Å². The molecule has 0 saturated carbocycles. The van der Waals surface area contributed by atoms with E-state index in [1.807, 2.05) is 6.92 Å². The Morgan fingerprint density at radius 2 is 2.00 bits per heavy atom. The lowest BCUT2D eigenvalue weighted by Gasteiger charge is -2.11. The Hall–Kier alpha value is -1.12. The van der Waals surface area contributed by atoms with Gasteiger partial charge in [0.15, 0.2) is 0 Å². The third-order valence-electron chi connectivity index (χ3n) is 2.87. The highest BCUT2D eigenvalue weighted by Crippen LogP contribution is 2.26. The van der Waals surface area contributed by atoms with Crippen molar-refractivity contribution in [2.24, 2.45) is 0 Å². The Labute approximate surface area is 133 Å². The number of rotatable bonds is 7. The van der Waals surface area contributed by atoms with Gasteiger partial charge in [0.1, 0.15) is 0 Å². The maximum Gasteiger partial charge on any atom is 0.240 e. The Morgan fingerprint density at radius 1 is 1.33 bits per heavy atom. The summed E-state index contributed by atoms with van der Waals surface area (Å²) in [5.41, 5.74) is 6.64. The highest BCUT2D eigenvalue weighted by atomic mass is 79.9. The number of halogens is 1. The fraction of sp³-hybridized carbons (Fsp3) is 0.462. The van der Waals surface area contributed by atoms with Gasteiger partial charge < -0.3 is 11.1 Å². The molecule has 0 aromatic heterocycles. The number of hydrogen-bond donors (Lipinski definition) is 3. The molecule has 1 rings (SSSR count). The second-order valence-electron chi connectivity index (χ2n) is 4.62. The highest BCUT2D eigenvalue weighted by molar-refractivity contribution is 9.10. The summed E-state index contributed by atoms with van der Waals surface area (Å²) in [4.78, 5) is 11.5. The fourth-order valence-corrected chi connectivity index (χ4v) is 3.64. The van der Waals surface area contributed by atoms with E-state index in [0.29, 0.717) is 22.3 Å². The number of amides is 1. The van der Waals surface area contributed by atoms with E-state index in [1.165, 1.54) is 6.07 Å². The van der Waals surface area contributed by atoms with Crippen LogP contribution in [0.4, 0.5) is 5.69 Å². The smallest absolute Gasteiger partial charge is 0.240 e. The van der Waals surface area contributed by atoms with Gasteiger partial charge in [0.25, 0.3) is 0 Å². The molecule has 0 aliphatic heterocycles. The zero-order valence-corrected chi connectivity index (χ0v) is 14.5. The summed E-state index contributed by atoms with van der Waals surface area (Å²) >= 11 is 3.22. The zero-order chi connectivity index (χ0) is 16.0. The molecule has 118 valence electrons. The molecule has 0 heterocycles. The Kier molecular flexibility index (Phi) is 6.63. The van der Waals surface area contributed by atoms with Crippen molar-refractivity contribution in [3.05, 3.63) is 22.2 Å². The van der Waals surface area contributed by atoms with Gasteiger partial charge in [-0.05, 0) is 31.0 Å². The average molecular weight is 378 g/mol. The summed E-state index contributed by atoms with van der Waals surface area (Å²) in [5.74, 6) is -0.176. The second-order valence-corrected chi connectivity index (χ2v) is 7.27. The molecule has 0 spiro atoms. The molecule has 8 heteroatoms. The van der Waals surface area contributed by atoms with Crippen LogP contribution in [0, 0.1) is 6.92 Å². The second kappa shape index (κ2) is 7.77. The zero-order valence-electron chi connectivity index (χ0n) is 12.1. The summed E-state index contributed by atoms with van der Waals surface area (Å²) in [6.45, 7) is 4.23. The molecule has 1 amide bonds. The van der Waals surface area contributed by atoms with Gasteiger partial charge in [-0.2, -0.15) is 0 Å². The van der Waals surface area contributed by atoms with Gasteiger partial charge in [-0.3, -0.25) is 4.79 Å². The molecule has 6 nitrogen and oxygen atoms in total. The average Bonchev–Trinajstić information content (AvgIpc) is 2.40. The molecule has 1 aromatic rings. The Bertz CT molecular complexity index is 617. The van der Waals surface area contributed by atoms with Gasteiger partial charge >= 0.3 is 0 Å². The van der Waals surface area contributed by atoms with Crippen LogP contribution in [0.1, 0.15) is 25.3 Å². The van der Waals surface area contributed by atoms with E-state index in [0.717, 1.165) is 6.42 Å². The first-order chi connectivity index (χ1) is 9.77. The van der Waals surface area contributed by atoms with Crippen LogP contribution < -0.4 is 15.8 Å². The van der Waals surface area contributed by atoms with Crippen LogP contribution >= 0.6 is 15.9 Å². The van der Waals surface area contributed by atoms with Crippen LogP contribution in [0.25, 0.3) is 0 Å².